The van der Waals surface area contributed by atoms with Crippen LogP contribution < -0.4 is 10.1 Å². The molecule has 0 unspecified atom stereocenters. The van der Waals surface area contributed by atoms with E-state index in [0.29, 0.717) is 17.3 Å². The molecule has 0 spiro atoms. The lowest BCUT2D eigenvalue weighted by Gasteiger charge is -2.13. The van der Waals surface area contributed by atoms with Crippen LogP contribution in [0.4, 0.5) is 5.69 Å². The molecule has 0 aliphatic heterocycles. The molecule has 2 aromatic carbocycles. The Kier molecular flexibility index (Phi) is 6.99. The maximum atomic E-state index is 10.6. The van der Waals surface area contributed by atoms with Crippen LogP contribution in [-0.2, 0) is 6.42 Å². The Morgan fingerprint density at radius 1 is 1.17 bits per heavy atom. The van der Waals surface area contributed by atoms with Crippen molar-refractivity contribution in [3.63, 3.8) is 0 Å². The van der Waals surface area contributed by atoms with Gasteiger partial charge in [-0.2, -0.15) is 0 Å². The van der Waals surface area contributed by atoms with E-state index in [1.807, 2.05) is 24.3 Å². The Labute approximate surface area is 145 Å². The Bertz CT molecular complexity index is 647. The van der Waals surface area contributed by atoms with Gasteiger partial charge >= 0.3 is 0 Å². The van der Waals surface area contributed by atoms with Crippen LogP contribution in [0.3, 0.4) is 0 Å². The first-order valence-electron chi connectivity index (χ1n) is 7.55. The molecule has 0 aliphatic rings. The predicted molar refractivity (Wildman–Crippen MR) is 92.6 cm³/mol. The highest BCUT2D eigenvalue weighted by Crippen LogP contribution is 2.17. The van der Waals surface area contributed by atoms with Gasteiger partial charge in [-0.25, -0.2) is 0 Å². The van der Waals surface area contributed by atoms with Crippen LogP contribution >= 0.6 is 11.6 Å². The van der Waals surface area contributed by atoms with Crippen molar-refractivity contribution in [2.24, 2.45) is 0 Å². The first-order valence-corrected chi connectivity index (χ1v) is 7.93. The van der Waals surface area contributed by atoms with Crippen molar-refractivity contribution < 1.29 is 14.8 Å². The molecule has 0 heterocycles. The minimum Gasteiger partial charge on any atom is -0.491 e. The third kappa shape index (κ3) is 6.16. The summed E-state index contributed by atoms with van der Waals surface area (Å²) in [6.07, 6.45) is 0.179. The second kappa shape index (κ2) is 9.22. The molecule has 128 valence electrons. The smallest absolute Gasteiger partial charge is 0.269 e. The summed E-state index contributed by atoms with van der Waals surface area (Å²) < 4.78 is 5.40. The number of aliphatic hydroxyl groups is 1. The van der Waals surface area contributed by atoms with Crippen LogP contribution in [0.2, 0.25) is 5.02 Å². The largest absolute Gasteiger partial charge is 0.491 e. The minimum absolute atomic E-state index is 0.00626. The maximum Gasteiger partial charge on any atom is 0.269 e. The minimum atomic E-state index is -0.662. The number of halogens is 1. The average molecular weight is 351 g/mol. The third-order valence-electron chi connectivity index (χ3n) is 3.37. The number of hydrogen-bond donors (Lipinski definition) is 2. The summed E-state index contributed by atoms with van der Waals surface area (Å²) in [7, 11) is 0. The van der Waals surface area contributed by atoms with Crippen molar-refractivity contribution in [3.8, 4) is 5.75 Å². The topological polar surface area (TPSA) is 84.6 Å². The molecular weight excluding hydrogens is 332 g/mol. The summed E-state index contributed by atoms with van der Waals surface area (Å²) in [6, 6.07) is 13.4. The van der Waals surface area contributed by atoms with E-state index < -0.39 is 11.0 Å². The lowest BCUT2D eigenvalue weighted by Crippen LogP contribution is -2.32. The predicted octanol–water partition coefficient (Wildman–Crippen LogP) is 2.82. The molecule has 0 aromatic heterocycles. The quantitative estimate of drug-likeness (QED) is 0.412. The van der Waals surface area contributed by atoms with E-state index in [0.717, 1.165) is 13.0 Å². The highest BCUT2D eigenvalue weighted by atomic mass is 35.5. The van der Waals surface area contributed by atoms with Crippen molar-refractivity contribution in [2.75, 3.05) is 19.7 Å². The normalized spacial score (nSPS) is 11.9. The van der Waals surface area contributed by atoms with Gasteiger partial charge in [-0.15, -0.1) is 0 Å². The molecule has 0 saturated heterocycles. The van der Waals surface area contributed by atoms with Crippen LogP contribution in [0.5, 0.6) is 5.75 Å². The van der Waals surface area contributed by atoms with Gasteiger partial charge in [-0.3, -0.25) is 10.1 Å². The molecule has 24 heavy (non-hydrogen) atoms. The molecule has 1 atom stereocenters. The Balaban J connectivity index is 1.63. The lowest BCUT2D eigenvalue weighted by atomic mass is 10.1. The van der Waals surface area contributed by atoms with E-state index in [4.69, 9.17) is 16.3 Å². The first-order chi connectivity index (χ1) is 11.5. The molecular formula is C17H19ClN2O4. The van der Waals surface area contributed by atoms with Crippen LogP contribution in [0.25, 0.3) is 0 Å². The van der Waals surface area contributed by atoms with E-state index in [2.05, 4.69) is 5.32 Å². The van der Waals surface area contributed by atoms with E-state index in [1.54, 1.807) is 0 Å². The van der Waals surface area contributed by atoms with Gasteiger partial charge in [0.25, 0.3) is 5.69 Å². The van der Waals surface area contributed by atoms with Crippen molar-refractivity contribution >= 4 is 17.3 Å². The lowest BCUT2D eigenvalue weighted by molar-refractivity contribution is -0.384. The Morgan fingerprint density at radius 3 is 2.46 bits per heavy atom. The molecule has 6 nitrogen and oxygen atoms in total. The standard InChI is InChI=1S/C17H19ClN2O4/c18-14-3-1-13(2-4-14)9-10-19-11-16(21)12-24-17-7-5-15(6-8-17)20(22)23/h1-8,16,19,21H,9-12H2/t16-/m0/s1. The molecule has 0 saturated carbocycles. The molecule has 0 bridgehead atoms. The third-order valence-corrected chi connectivity index (χ3v) is 3.63. The number of hydrogen-bond acceptors (Lipinski definition) is 5. The summed E-state index contributed by atoms with van der Waals surface area (Å²) in [5, 5.41) is 24.3. The molecule has 0 amide bonds. The summed E-state index contributed by atoms with van der Waals surface area (Å²) in [6.45, 7) is 1.25. The van der Waals surface area contributed by atoms with Gasteiger partial charge in [0, 0.05) is 23.7 Å². The van der Waals surface area contributed by atoms with Crippen molar-refractivity contribution in [1.82, 2.24) is 5.32 Å². The number of nitro groups is 1. The van der Waals surface area contributed by atoms with Gasteiger partial charge in [-0.05, 0) is 42.8 Å². The summed E-state index contributed by atoms with van der Waals surface area (Å²) >= 11 is 5.83. The fraction of sp³-hybridized carbons (Fsp3) is 0.294. The maximum absolute atomic E-state index is 10.6. The van der Waals surface area contributed by atoms with Crippen molar-refractivity contribution in [3.05, 3.63) is 69.2 Å². The Morgan fingerprint density at radius 2 is 1.83 bits per heavy atom. The van der Waals surface area contributed by atoms with Crippen LogP contribution in [-0.4, -0.2) is 35.8 Å². The van der Waals surface area contributed by atoms with Crippen molar-refractivity contribution in [1.29, 1.82) is 0 Å². The number of aliphatic hydroxyl groups excluding tert-OH is 1. The first kappa shape index (κ1) is 18.2. The average Bonchev–Trinajstić information content (AvgIpc) is 2.59. The monoisotopic (exact) mass is 350 g/mol. The second-order valence-electron chi connectivity index (χ2n) is 5.30. The summed E-state index contributed by atoms with van der Waals surface area (Å²) in [4.78, 5) is 10.1. The zero-order chi connectivity index (χ0) is 17.4. The fourth-order valence-corrected chi connectivity index (χ4v) is 2.19. The summed E-state index contributed by atoms with van der Waals surface area (Å²) in [5.74, 6) is 0.487. The van der Waals surface area contributed by atoms with E-state index in [-0.39, 0.29) is 12.3 Å². The van der Waals surface area contributed by atoms with Crippen LogP contribution in [0.15, 0.2) is 48.5 Å². The second-order valence-corrected chi connectivity index (χ2v) is 5.73. The van der Waals surface area contributed by atoms with E-state index in [1.165, 1.54) is 29.8 Å². The molecule has 2 aromatic rings. The number of benzene rings is 2. The molecule has 2 N–H and O–H groups in total. The Hall–Kier alpha value is -2.15. The number of nitrogens with one attached hydrogen (secondary N) is 1. The SMILES string of the molecule is O=[N+]([O-])c1ccc(OC[C@@H](O)CNCCc2ccc(Cl)cc2)cc1. The molecule has 7 heteroatoms. The van der Waals surface area contributed by atoms with E-state index >= 15 is 0 Å². The van der Waals surface area contributed by atoms with Gasteiger partial charge in [0.2, 0.25) is 0 Å². The number of nitrogens with zero attached hydrogens (tertiary/aromatic N) is 1. The van der Waals surface area contributed by atoms with Crippen LogP contribution in [0.1, 0.15) is 5.56 Å². The highest BCUT2D eigenvalue weighted by molar-refractivity contribution is 6.30. The summed E-state index contributed by atoms with van der Waals surface area (Å²) in [5.41, 5.74) is 1.18. The fourth-order valence-electron chi connectivity index (χ4n) is 2.07. The van der Waals surface area contributed by atoms with Gasteiger partial charge in [-0.1, -0.05) is 23.7 Å². The number of ether oxygens (including phenoxy) is 1. The van der Waals surface area contributed by atoms with Crippen LogP contribution in [0, 0.1) is 10.1 Å². The van der Waals surface area contributed by atoms with Gasteiger partial charge in [0.15, 0.2) is 0 Å². The van der Waals surface area contributed by atoms with E-state index in [9.17, 15) is 15.2 Å². The van der Waals surface area contributed by atoms with Gasteiger partial charge < -0.3 is 15.2 Å². The van der Waals surface area contributed by atoms with Gasteiger partial charge in [0.05, 0.1) is 4.92 Å². The zero-order valence-corrected chi connectivity index (χ0v) is 13.8. The zero-order valence-electron chi connectivity index (χ0n) is 13.0. The molecule has 0 fully saturated rings. The molecule has 0 radical (unpaired) electrons. The molecule has 0 aliphatic carbocycles. The van der Waals surface area contributed by atoms with Crippen molar-refractivity contribution in [2.45, 2.75) is 12.5 Å². The molecule has 2 rings (SSSR count). The number of nitro benzene ring substituents is 1. The number of non-ortho nitro benzene ring substituents is 1. The van der Waals surface area contributed by atoms with Gasteiger partial charge in [0.1, 0.15) is 18.5 Å². The number of rotatable bonds is 9. The highest BCUT2D eigenvalue weighted by Gasteiger charge is 2.07.